The van der Waals surface area contributed by atoms with Crippen molar-refractivity contribution in [2.75, 3.05) is 18.5 Å². The number of thiocarbonyl (C=S) groups is 1. The number of esters is 2. The number of aliphatic carboxylic acids is 1. The van der Waals surface area contributed by atoms with E-state index >= 15 is 0 Å². The molecule has 0 saturated heterocycles. The van der Waals surface area contributed by atoms with Crippen molar-refractivity contribution in [3.8, 4) is 0 Å². The van der Waals surface area contributed by atoms with Crippen molar-refractivity contribution in [1.29, 1.82) is 0 Å². The fourth-order valence-electron chi connectivity index (χ4n) is 0.918. The second kappa shape index (κ2) is 15.6. The Morgan fingerprint density at radius 1 is 1.18 bits per heavy atom. The van der Waals surface area contributed by atoms with Gasteiger partial charge in [-0.15, -0.1) is 11.3 Å². The van der Waals surface area contributed by atoms with Gasteiger partial charge in [0, 0.05) is 5.38 Å². The number of Topliss-reactive ketones (excluding diaryl/α,β-unsaturated/α-hetero) is 1. The SMILES string of the molecule is CCOC(=O)C(N)=S.CCOC(=O)c1nc(C(=O)O)cs1.O=C(O)C(=O)CBr. The lowest BCUT2D eigenvalue weighted by atomic mass is 10.5. The summed E-state index contributed by atoms with van der Waals surface area (Å²) in [5.74, 6) is -4.55. The lowest BCUT2D eigenvalue weighted by Crippen LogP contribution is -2.23. The number of carboxylic acids is 2. The van der Waals surface area contributed by atoms with Gasteiger partial charge < -0.3 is 25.4 Å². The summed E-state index contributed by atoms with van der Waals surface area (Å²) in [5.41, 5.74) is 4.75. The van der Waals surface area contributed by atoms with Gasteiger partial charge in [0.05, 0.1) is 18.5 Å². The summed E-state index contributed by atoms with van der Waals surface area (Å²) in [6.45, 7) is 3.93. The van der Waals surface area contributed by atoms with Crippen LogP contribution in [0.4, 0.5) is 0 Å². The van der Waals surface area contributed by atoms with Crippen molar-refractivity contribution >= 4 is 74.1 Å². The molecule has 1 aromatic rings. The van der Waals surface area contributed by atoms with E-state index < -0.39 is 29.7 Å². The van der Waals surface area contributed by atoms with Crippen LogP contribution in [0.5, 0.6) is 0 Å². The number of aromatic nitrogens is 1. The van der Waals surface area contributed by atoms with Crippen molar-refractivity contribution < 1.29 is 43.7 Å². The third kappa shape index (κ3) is 12.8. The highest BCUT2D eigenvalue weighted by Gasteiger charge is 2.14. The van der Waals surface area contributed by atoms with Crippen LogP contribution in [-0.2, 0) is 23.9 Å². The third-order valence-electron chi connectivity index (χ3n) is 2.01. The van der Waals surface area contributed by atoms with Gasteiger partial charge in [-0.3, -0.25) is 4.79 Å². The van der Waals surface area contributed by atoms with Gasteiger partial charge in [0.15, 0.2) is 10.7 Å². The predicted octanol–water partition coefficient (Wildman–Crippen LogP) is 0.889. The van der Waals surface area contributed by atoms with Gasteiger partial charge in [-0.1, -0.05) is 28.1 Å². The molecule has 0 spiro atoms. The summed E-state index contributed by atoms with van der Waals surface area (Å²) in [7, 11) is 0. The highest BCUT2D eigenvalue weighted by molar-refractivity contribution is 9.09. The van der Waals surface area contributed by atoms with Crippen LogP contribution in [0.2, 0.25) is 0 Å². The van der Waals surface area contributed by atoms with Gasteiger partial charge in [0.25, 0.3) is 0 Å². The van der Waals surface area contributed by atoms with Crippen LogP contribution in [0.25, 0.3) is 0 Å². The topological polar surface area (TPSA) is 183 Å². The van der Waals surface area contributed by atoms with E-state index in [1.165, 1.54) is 5.38 Å². The zero-order valence-corrected chi connectivity index (χ0v) is 17.9. The molecule has 0 unspecified atom stereocenters. The molecule has 1 rings (SSSR count). The molecule has 0 radical (unpaired) electrons. The first-order chi connectivity index (χ1) is 13.0. The Morgan fingerprint density at radius 2 is 1.71 bits per heavy atom. The molecular formula is C14H17BrN2O9S2. The molecule has 28 heavy (non-hydrogen) atoms. The average molecular weight is 501 g/mol. The van der Waals surface area contributed by atoms with Gasteiger partial charge in [0.1, 0.15) is 0 Å². The van der Waals surface area contributed by atoms with Crippen molar-refractivity contribution in [3.05, 3.63) is 16.1 Å². The lowest BCUT2D eigenvalue weighted by molar-refractivity contribution is -0.147. The van der Waals surface area contributed by atoms with Crippen molar-refractivity contribution in [2.45, 2.75) is 13.8 Å². The van der Waals surface area contributed by atoms with Gasteiger partial charge in [-0.2, -0.15) is 0 Å². The first-order valence-corrected chi connectivity index (χ1v) is 9.57. The summed E-state index contributed by atoms with van der Waals surface area (Å²) in [5, 5.41) is 17.6. The number of nitrogens with zero attached hydrogens (tertiary/aromatic N) is 1. The van der Waals surface area contributed by atoms with E-state index in [1.54, 1.807) is 13.8 Å². The van der Waals surface area contributed by atoms with E-state index in [-0.39, 0.29) is 27.6 Å². The number of thiazole rings is 1. The molecule has 0 aliphatic rings. The van der Waals surface area contributed by atoms with Gasteiger partial charge in [-0.05, 0) is 13.8 Å². The van der Waals surface area contributed by atoms with Crippen LogP contribution < -0.4 is 5.73 Å². The zero-order valence-electron chi connectivity index (χ0n) is 14.7. The first kappa shape index (κ1) is 27.8. The monoisotopic (exact) mass is 500 g/mol. The smallest absolute Gasteiger partial charge is 0.373 e. The fourth-order valence-corrected chi connectivity index (χ4v) is 1.90. The maximum absolute atomic E-state index is 11.0. The molecule has 0 fully saturated rings. The third-order valence-corrected chi connectivity index (χ3v) is 3.51. The summed E-state index contributed by atoms with van der Waals surface area (Å²) in [4.78, 5) is 54.4. The lowest BCUT2D eigenvalue weighted by Gasteiger charge is -1.95. The largest absolute Gasteiger partial charge is 0.476 e. The minimum Gasteiger partial charge on any atom is -0.476 e. The zero-order chi connectivity index (χ0) is 22.3. The molecule has 0 aliphatic carbocycles. The normalized spacial score (nSPS) is 8.82. The maximum atomic E-state index is 11.0. The summed E-state index contributed by atoms with van der Waals surface area (Å²) in [6, 6.07) is 0. The van der Waals surface area contributed by atoms with E-state index in [0.717, 1.165) is 11.3 Å². The maximum Gasteiger partial charge on any atom is 0.373 e. The number of hydrogen-bond acceptors (Lipinski definition) is 10. The second-order valence-electron chi connectivity index (χ2n) is 4.01. The highest BCUT2D eigenvalue weighted by Crippen LogP contribution is 2.10. The molecule has 1 heterocycles. The van der Waals surface area contributed by atoms with E-state index in [4.69, 9.17) is 15.9 Å². The summed E-state index contributed by atoms with van der Waals surface area (Å²) < 4.78 is 9.04. The molecule has 0 saturated carbocycles. The first-order valence-electron chi connectivity index (χ1n) is 7.16. The quantitative estimate of drug-likeness (QED) is 0.217. The molecule has 14 heteroatoms. The minimum atomic E-state index is -1.39. The van der Waals surface area contributed by atoms with Crippen molar-refractivity contribution in [1.82, 2.24) is 4.98 Å². The predicted molar refractivity (Wildman–Crippen MR) is 105 cm³/mol. The summed E-state index contributed by atoms with van der Waals surface area (Å²) in [6.07, 6.45) is 0. The molecule has 156 valence electrons. The van der Waals surface area contributed by atoms with E-state index in [0.29, 0.717) is 6.61 Å². The standard InChI is InChI=1S/C7H7NO4S.C4H7NO2S.C3H3BrO3/c1-2-12-7(11)5-8-4(3-13-5)6(9)10;1-2-7-4(6)3(5)8;4-1-2(5)3(6)7/h3H,2H2,1H3,(H,9,10);2H2,1H3,(H2,5,8);1H2,(H,6,7). The Bertz CT molecular complexity index is 721. The Balaban J connectivity index is 0. The molecule has 0 amide bonds. The summed E-state index contributed by atoms with van der Waals surface area (Å²) >= 11 is 7.93. The molecule has 0 aromatic carbocycles. The number of hydrogen-bond donors (Lipinski definition) is 3. The number of alkyl halides is 1. The Morgan fingerprint density at radius 3 is 1.96 bits per heavy atom. The van der Waals surface area contributed by atoms with Crippen molar-refractivity contribution in [3.63, 3.8) is 0 Å². The average Bonchev–Trinajstić information content (AvgIpc) is 3.13. The number of nitrogens with two attached hydrogens (primary N) is 1. The molecular weight excluding hydrogens is 484 g/mol. The van der Waals surface area contributed by atoms with Crippen LogP contribution in [0.3, 0.4) is 0 Å². The Kier molecular flexibility index (Phi) is 15.5. The Labute approximate surface area is 177 Å². The molecule has 0 aliphatic heterocycles. The van der Waals surface area contributed by atoms with Crippen molar-refractivity contribution in [2.24, 2.45) is 5.73 Å². The number of aromatic carboxylic acids is 1. The van der Waals surface area contributed by atoms with Gasteiger partial charge in [0.2, 0.25) is 10.8 Å². The van der Waals surface area contributed by atoms with Crippen LogP contribution in [0.15, 0.2) is 5.38 Å². The van der Waals surface area contributed by atoms with E-state index in [9.17, 15) is 24.0 Å². The highest BCUT2D eigenvalue weighted by atomic mass is 79.9. The molecule has 11 nitrogen and oxygen atoms in total. The number of rotatable bonds is 6. The van der Waals surface area contributed by atoms with E-state index in [1.807, 2.05) is 0 Å². The number of carboxylic acid groups (broad SMARTS) is 2. The number of carbonyl (C=O) groups excluding carboxylic acids is 3. The van der Waals surface area contributed by atoms with Crippen LogP contribution in [0, 0.1) is 0 Å². The Hall–Kier alpha value is -2.45. The molecule has 4 N–H and O–H groups in total. The van der Waals surface area contributed by atoms with E-state index in [2.05, 4.69) is 42.6 Å². The molecule has 0 atom stereocenters. The minimum absolute atomic E-state index is 0.0688. The van der Waals surface area contributed by atoms with Gasteiger partial charge in [-0.25, -0.2) is 24.2 Å². The van der Waals surface area contributed by atoms with Crippen LogP contribution in [0.1, 0.15) is 34.1 Å². The number of halogens is 1. The van der Waals surface area contributed by atoms with Crippen LogP contribution in [-0.4, -0.2) is 68.4 Å². The number of ketones is 1. The van der Waals surface area contributed by atoms with Gasteiger partial charge >= 0.3 is 23.9 Å². The molecule has 0 bridgehead atoms. The molecule has 1 aromatic heterocycles. The number of ether oxygens (including phenoxy) is 2. The fraction of sp³-hybridized carbons (Fsp3) is 0.357. The van der Waals surface area contributed by atoms with Crippen LogP contribution >= 0.6 is 39.5 Å². The number of carbonyl (C=O) groups is 5. The second-order valence-corrected chi connectivity index (χ2v) is 5.87.